The Morgan fingerprint density at radius 1 is 1.11 bits per heavy atom. The van der Waals surface area contributed by atoms with Gasteiger partial charge in [0.25, 0.3) is 0 Å². The summed E-state index contributed by atoms with van der Waals surface area (Å²) in [5.41, 5.74) is 0.975. The maximum Gasteiger partial charge on any atom is 0.416 e. The van der Waals surface area contributed by atoms with E-state index in [0.717, 1.165) is 17.8 Å². The summed E-state index contributed by atoms with van der Waals surface area (Å²) in [5.74, 6) is 0. The molecule has 1 aromatic heterocycles. The van der Waals surface area contributed by atoms with Crippen molar-refractivity contribution in [3.63, 3.8) is 0 Å². The smallest absolute Gasteiger partial charge is 0.255 e. The molecule has 2 nitrogen and oxygen atoms in total. The van der Waals surface area contributed by atoms with Crippen molar-refractivity contribution < 1.29 is 13.2 Å². The first-order chi connectivity index (χ1) is 8.95. The molecule has 1 aromatic carbocycles. The number of aryl methyl sites for hydroxylation is 1. The van der Waals surface area contributed by atoms with E-state index >= 15 is 0 Å². The average molecular weight is 264 g/mol. The van der Waals surface area contributed by atoms with Crippen molar-refractivity contribution in [1.29, 1.82) is 0 Å². The highest BCUT2D eigenvalue weighted by molar-refractivity contribution is 5.79. The molecular formula is C14H11F3N2. The molecule has 2 rings (SSSR count). The lowest BCUT2D eigenvalue weighted by molar-refractivity contribution is -0.137. The van der Waals surface area contributed by atoms with E-state index in [1.807, 2.05) is 19.1 Å². The number of halogens is 3. The zero-order chi connectivity index (χ0) is 13.9. The molecule has 2 aromatic rings. The minimum absolute atomic E-state index is 0.248. The van der Waals surface area contributed by atoms with Gasteiger partial charge in [-0.15, -0.1) is 0 Å². The molecule has 0 bridgehead atoms. The van der Waals surface area contributed by atoms with Crippen LogP contribution in [0.2, 0.25) is 0 Å². The molecule has 5 heteroatoms. The molecule has 19 heavy (non-hydrogen) atoms. The zero-order valence-corrected chi connectivity index (χ0v) is 10.1. The topological polar surface area (TPSA) is 25.2 Å². The van der Waals surface area contributed by atoms with E-state index in [0.29, 0.717) is 5.69 Å². The van der Waals surface area contributed by atoms with Gasteiger partial charge in [-0.05, 0) is 37.3 Å². The number of benzene rings is 1. The Hall–Kier alpha value is -2.17. The average Bonchev–Trinajstić information content (AvgIpc) is 2.36. The molecule has 1 heterocycles. The minimum atomic E-state index is -4.35. The summed E-state index contributed by atoms with van der Waals surface area (Å²) in [5, 5.41) is 0. The number of aliphatic imine (C=N–C) groups is 1. The van der Waals surface area contributed by atoms with Crippen LogP contribution < -0.4 is 0 Å². The Morgan fingerprint density at radius 2 is 1.84 bits per heavy atom. The van der Waals surface area contributed by atoms with E-state index in [-0.39, 0.29) is 5.69 Å². The summed E-state index contributed by atoms with van der Waals surface area (Å²) in [6, 6.07) is 10.3. The molecule has 0 aliphatic heterocycles. The Bertz CT molecular complexity index is 604. The van der Waals surface area contributed by atoms with Gasteiger partial charge in [0, 0.05) is 5.69 Å². The molecule has 0 aliphatic carbocycles. The van der Waals surface area contributed by atoms with Crippen LogP contribution >= 0.6 is 0 Å². The van der Waals surface area contributed by atoms with Crippen molar-refractivity contribution in [2.75, 3.05) is 0 Å². The maximum atomic E-state index is 12.5. The van der Waals surface area contributed by atoms with E-state index in [9.17, 15) is 13.2 Å². The van der Waals surface area contributed by atoms with Crippen LogP contribution in [0.1, 0.15) is 17.0 Å². The van der Waals surface area contributed by atoms with Crippen LogP contribution in [0.3, 0.4) is 0 Å². The van der Waals surface area contributed by atoms with Crippen LogP contribution in [-0.4, -0.2) is 11.2 Å². The molecule has 0 N–H and O–H groups in total. The second kappa shape index (κ2) is 5.22. The molecule has 0 saturated heterocycles. The molecule has 98 valence electrons. The van der Waals surface area contributed by atoms with Gasteiger partial charge in [-0.2, -0.15) is 13.2 Å². The normalized spacial score (nSPS) is 12.0. The SMILES string of the molecule is Cc1cccc(C=Nc2cccc(C(F)(F)F)c2)n1. The molecular weight excluding hydrogens is 253 g/mol. The van der Waals surface area contributed by atoms with Crippen LogP contribution in [0.15, 0.2) is 47.5 Å². The second-order valence-electron chi connectivity index (χ2n) is 4.01. The largest absolute Gasteiger partial charge is 0.416 e. The molecule has 0 amide bonds. The van der Waals surface area contributed by atoms with Crippen LogP contribution in [0.25, 0.3) is 0 Å². The first-order valence-electron chi connectivity index (χ1n) is 5.60. The number of hydrogen-bond acceptors (Lipinski definition) is 2. The number of nitrogens with zero attached hydrogens (tertiary/aromatic N) is 2. The van der Waals surface area contributed by atoms with Crippen LogP contribution in [0.4, 0.5) is 18.9 Å². The van der Waals surface area contributed by atoms with Crippen LogP contribution in [-0.2, 0) is 6.18 Å². The molecule has 0 fully saturated rings. The fourth-order valence-electron chi connectivity index (χ4n) is 1.54. The lowest BCUT2D eigenvalue weighted by atomic mass is 10.2. The highest BCUT2D eigenvalue weighted by Crippen LogP contribution is 2.31. The second-order valence-corrected chi connectivity index (χ2v) is 4.01. The molecule has 0 unspecified atom stereocenters. The van der Waals surface area contributed by atoms with Gasteiger partial charge < -0.3 is 0 Å². The Morgan fingerprint density at radius 3 is 2.53 bits per heavy atom. The molecule has 0 aliphatic rings. The molecule has 0 atom stereocenters. The number of rotatable bonds is 2. The first-order valence-corrected chi connectivity index (χ1v) is 5.60. The number of hydrogen-bond donors (Lipinski definition) is 0. The summed E-state index contributed by atoms with van der Waals surface area (Å²) < 4.78 is 37.6. The standard InChI is InChI=1S/C14H11F3N2/c1-10-4-2-7-13(19-10)9-18-12-6-3-5-11(8-12)14(15,16)17/h2-9H,1H3. The number of pyridine rings is 1. The fraction of sp³-hybridized carbons (Fsp3) is 0.143. The fourth-order valence-corrected chi connectivity index (χ4v) is 1.54. The van der Waals surface area contributed by atoms with Gasteiger partial charge in [0.2, 0.25) is 0 Å². The van der Waals surface area contributed by atoms with Gasteiger partial charge in [-0.3, -0.25) is 9.98 Å². The minimum Gasteiger partial charge on any atom is -0.255 e. The number of alkyl halides is 3. The third-order valence-electron chi connectivity index (χ3n) is 2.43. The van der Waals surface area contributed by atoms with Crippen molar-refractivity contribution >= 4 is 11.9 Å². The quantitative estimate of drug-likeness (QED) is 0.748. The van der Waals surface area contributed by atoms with E-state index in [1.54, 1.807) is 6.07 Å². The third kappa shape index (κ3) is 3.64. The molecule has 0 radical (unpaired) electrons. The van der Waals surface area contributed by atoms with E-state index < -0.39 is 11.7 Å². The first kappa shape index (κ1) is 13.3. The van der Waals surface area contributed by atoms with Crippen molar-refractivity contribution in [2.24, 2.45) is 4.99 Å². The predicted molar refractivity (Wildman–Crippen MR) is 67.7 cm³/mol. The van der Waals surface area contributed by atoms with Crippen molar-refractivity contribution in [3.05, 3.63) is 59.4 Å². The monoisotopic (exact) mass is 264 g/mol. The Labute approximate surface area is 108 Å². The lowest BCUT2D eigenvalue weighted by Gasteiger charge is -2.06. The summed E-state index contributed by atoms with van der Waals surface area (Å²) in [6.45, 7) is 1.83. The van der Waals surface area contributed by atoms with Gasteiger partial charge in [-0.1, -0.05) is 12.1 Å². The number of aromatic nitrogens is 1. The Kier molecular flexibility index (Phi) is 3.64. The maximum absolute atomic E-state index is 12.5. The highest BCUT2D eigenvalue weighted by atomic mass is 19.4. The van der Waals surface area contributed by atoms with E-state index in [4.69, 9.17) is 0 Å². The Balaban J connectivity index is 2.24. The summed E-state index contributed by atoms with van der Waals surface area (Å²) in [7, 11) is 0. The van der Waals surface area contributed by atoms with Crippen LogP contribution in [0, 0.1) is 6.92 Å². The van der Waals surface area contributed by atoms with Gasteiger partial charge in [-0.25, -0.2) is 0 Å². The summed E-state index contributed by atoms with van der Waals surface area (Å²) >= 11 is 0. The van der Waals surface area contributed by atoms with Gasteiger partial charge in [0.05, 0.1) is 23.2 Å². The van der Waals surface area contributed by atoms with Gasteiger partial charge in [0.1, 0.15) is 0 Å². The van der Waals surface area contributed by atoms with Gasteiger partial charge in [0.15, 0.2) is 0 Å². The third-order valence-corrected chi connectivity index (χ3v) is 2.43. The zero-order valence-electron chi connectivity index (χ0n) is 10.1. The molecule has 0 saturated carbocycles. The van der Waals surface area contributed by atoms with Crippen LogP contribution in [0.5, 0.6) is 0 Å². The lowest BCUT2D eigenvalue weighted by Crippen LogP contribution is -2.03. The predicted octanol–water partition coefficient (Wildman–Crippen LogP) is 4.16. The van der Waals surface area contributed by atoms with Gasteiger partial charge >= 0.3 is 6.18 Å². The molecule has 0 spiro atoms. The highest BCUT2D eigenvalue weighted by Gasteiger charge is 2.30. The van der Waals surface area contributed by atoms with E-state index in [1.165, 1.54) is 18.3 Å². The van der Waals surface area contributed by atoms with Crippen molar-refractivity contribution in [1.82, 2.24) is 4.98 Å². The van der Waals surface area contributed by atoms with Crippen molar-refractivity contribution in [2.45, 2.75) is 13.1 Å². The summed E-state index contributed by atoms with van der Waals surface area (Å²) in [6.07, 6.45) is -2.91. The summed E-state index contributed by atoms with van der Waals surface area (Å²) in [4.78, 5) is 8.19. The van der Waals surface area contributed by atoms with Crippen molar-refractivity contribution in [3.8, 4) is 0 Å². The van der Waals surface area contributed by atoms with E-state index in [2.05, 4.69) is 9.98 Å².